The molecule has 1 aliphatic rings. The molecule has 0 bridgehead atoms. The molecule has 158 valence electrons. The summed E-state index contributed by atoms with van der Waals surface area (Å²) in [6, 6.07) is 0. The molecule has 0 aromatic rings. The summed E-state index contributed by atoms with van der Waals surface area (Å²) in [6.45, 7) is 4.31. The van der Waals surface area contributed by atoms with Crippen molar-refractivity contribution in [3.05, 3.63) is 23.3 Å². The molecule has 0 heterocycles. The van der Waals surface area contributed by atoms with Gasteiger partial charge in [-0.1, -0.05) is 104 Å². The molecule has 0 radical (unpaired) electrons. The van der Waals surface area contributed by atoms with Crippen LogP contribution in [0.4, 0.5) is 17.6 Å². The first kappa shape index (κ1) is 24.2. The standard InChI is InChI=1S/C23H38F4/c1-3-5-7-9-11-13-15-17-23(18-16-14-12-10-8-6-4-2)21(26)19(24)20(25)22(23)27/h3-18H2,1-2H3. The Morgan fingerprint density at radius 3 is 1.11 bits per heavy atom. The van der Waals surface area contributed by atoms with Crippen molar-refractivity contribution in [2.24, 2.45) is 5.41 Å². The summed E-state index contributed by atoms with van der Waals surface area (Å²) in [5.74, 6) is -5.65. The first-order chi connectivity index (χ1) is 13.0. The zero-order valence-electron chi connectivity index (χ0n) is 17.3. The summed E-state index contributed by atoms with van der Waals surface area (Å²) < 4.78 is 56.4. The Labute approximate surface area is 163 Å². The fourth-order valence-electron chi connectivity index (χ4n) is 4.04. The number of unbranched alkanes of at least 4 members (excludes halogenated alkanes) is 12. The van der Waals surface area contributed by atoms with Crippen molar-refractivity contribution in [2.45, 2.75) is 117 Å². The Morgan fingerprint density at radius 2 is 0.778 bits per heavy atom. The predicted molar refractivity (Wildman–Crippen MR) is 106 cm³/mol. The maximum absolute atomic E-state index is 14.5. The molecule has 0 spiro atoms. The van der Waals surface area contributed by atoms with E-state index in [0.29, 0.717) is 12.8 Å². The molecule has 4 heteroatoms. The van der Waals surface area contributed by atoms with Crippen LogP contribution in [0.1, 0.15) is 117 Å². The highest BCUT2D eigenvalue weighted by Crippen LogP contribution is 2.55. The van der Waals surface area contributed by atoms with Gasteiger partial charge in [0.1, 0.15) is 0 Å². The normalized spacial score (nSPS) is 16.7. The SMILES string of the molecule is CCCCCCCCCC1(CCCCCCCCC)C(F)=C(F)C(F)=C1F. The maximum atomic E-state index is 14.5. The van der Waals surface area contributed by atoms with E-state index in [2.05, 4.69) is 13.8 Å². The molecule has 0 N–H and O–H groups in total. The Balaban J connectivity index is 2.52. The highest BCUT2D eigenvalue weighted by molar-refractivity contribution is 5.42. The van der Waals surface area contributed by atoms with Crippen LogP contribution in [-0.4, -0.2) is 0 Å². The molecule has 0 unspecified atom stereocenters. The molecule has 1 rings (SSSR count). The molecular weight excluding hydrogens is 352 g/mol. The van der Waals surface area contributed by atoms with Gasteiger partial charge in [0.15, 0.2) is 23.3 Å². The molecule has 0 atom stereocenters. The second kappa shape index (κ2) is 13.4. The van der Waals surface area contributed by atoms with Crippen LogP contribution in [0.25, 0.3) is 0 Å². The van der Waals surface area contributed by atoms with Gasteiger partial charge >= 0.3 is 0 Å². The summed E-state index contributed by atoms with van der Waals surface area (Å²) in [4.78, 5) is 0. The van der Waals surface area contributed by atoms with Crippen molar-refractivity contribution < 1.29 is 17.6 Å². The van der Waals surface area contributed by atoms with Crippen molar-refractivity contribution >= 4 is 0 Å². The number of hydrogen-bond donors (Lipinski definition) is 0. The van der Waals surface area contributed by atoms with E-state index in [4.69, 9.17) is 0 Å². The lowest BCUT2D eigenvalue weighted by Gasteiger charge is -2.28. The first-order valence-electron chi connectivity index (χ1n) is 11.1. The van der Waals surface area contributed by atoms with Crippen LogP contribution in [0.3, 0.4) is 0 Å². The highest BCUT2D eigenvalue weighted by atomic mass is 19.2. The van der Waals surface area contributed by atoms with E-state index in [-0.39, 0.29) is 12.8 Å². The van der Waals surface area contributed by atoms with Gasteiger partial charge in [0, 0.05) is 0 Å². The van der Waals surface area contributed by atoms with Crippen LogP contribution in [0, 0.1) is 5.41 Å². The summed E-state index contributed by atoms with van der Waals surface area (Å²) in [7, 11) is 0. The molecule has 0 aromatic carbocycles. The minimum Gasteiger partial charge on any atom is -0.207 e. The van der Waals surface area contributed by atoms with Crippen molar-refractivity contribution in [3.8, 4) is 0 Å². The van der Waals surface area contributed by atoms with Gasteiger partial charge in [-0.3, -0.25) is 0 Å². The quantitative estimate of drug-likeness (QED) is 0.182. The molecule has 0 aliphatic heterocycles. The van der Waals surface area contributed by atoms with E-state index in [1.54, 1.807) is 0 Å². The molecule has 0 amide bonds. The predicted octanol–water partition coefficient (Wildman–Crippen LogP) is 9.57. The third-order valence-electron chi connectivity index (χ3n) is 5.83. The summed E-state index contributed by atoms with van der Waals surface area (Å²) in [5, 5.41) is 0. The fraction of sp³-hybridized carbons (Fsp3) is 0.826. The van der Waals surface area contributed by atoms with Crippen molar-refractivity contribution in [1.82, 2.24) is 0 Å². The molecule has 0 aromatic heterocycles. The third-order valence-corrected chi connectivity index (χ3v) is 5.83. The van der Waals surface area contributed by atoms with E-state index in [1.165, 1.54) is 38.5 Å². The number of halogens is 4. The average Bonchev–Trinajstić information content (AvgIpc) is 2.82. The van der Waals surface area contributed by atoms with Gasteiger partial charge in [0.25, 0.3) is 0 Å². The van der Waals surface area contributed by atoms with Gasteiger partial charge in [-0.2, -0.15) is 0 Å². The smallest absolute Gasteiger partial charge is 0.193 e. The topological polar surface area (TPSA) is 0 Å². The van der Waals surface area contributed by atoms with Crippen LogP contribution in [0.2, 0.25) is 0 Å². The van der Waals surface area contributed by atoms with Crippen LogP contribution in [0.5, 0.6) is 0 Å². The monoisotopic (exact) mass is 390 g/mol. The zero-order chi connectivity index (χ0) is 20.1. The second-order valence-corrected chi connectivity index (χ2v) is 8.08. The van der Waals surface area contributed by atoms with Crippen molar-refractivity contribution in [1.29, 1.82) is 0 Å². The zero-order valence-corrected chi connectivity index (χ0v) is 17.3. The summed E-state index contributed by atoms with van der Waals surface area (Å²) in [6.07, 6.45) is 14.6. The lowest BCUT2D eigenvalue weighted by molar-refractivity contribution is 0.232. The third kappa shape index (κ3) is 7.27. The Morgan fingerprint density at radius 1 is 0.481 bits per heavy atom. The summed E-state index contributed by atoms with van der Waals surface area (Å²) in [5.41, 5.74) is -1.68. The van der Waals surface area contributed by atoms with Gasteiger partial charge in [-0.05, 0) is 12.8 Å². The number of allylic oxidation sites excluding steroid dienone is 4. The van der Waals surface area contributed by atoms with E-state index in [1.807, 2.05) is 0 Å². The molecule has 0 saturated carbocycles. The lowest BCUT2D eigenvalue weighted by Crippen LogP contribution is -2.21. The van der Waals surface area contributed by atoms with E-state index in [9.17, 15) is 17.6 Å². The van der Waals surface area contributed by atoms with Crippen LogP contribution >= 0.6 is 0 Å². The summed E-state index contributed by atoms with van der Waals surface area (Å²) >= 11 is 0. The molecule has 1 aliphatic carbocycles. The molecular formula is C23H38F4. The van der Waals surface area contributed by atoms with Gasteiger partial charge in [0.05, 0.1) is 5.41 Å². The number of rotatable bonds is 16. The minimum atomic E-state index is -1.68. The molecule has 0 fully saturated rings. The maximum Gasteiger partial charge on any atom is 0.193 e. The molecule has 0 nitrogen and oxygen atoms in total. The van der Waals surface area contributed by atoms with Gasteiger partial charge in [-0.15, -0.1) is 0 Å². The first-order valence-corrected chi connectivity index (χ1v) is 11.1. The van der Waals surface area contributed by atoms with Gasteiger partial charge in [0.2, 0.25) is 0 Å². The minimum absolute atomic E-state index is 0.162. The molecule has 0 saturated heterocycles. The Hall–Kier alpha value is -0.800. The van der Waals surface area contributed by atoms with E-state index >= 15 is 0 Å². The van der Waals surface area contributed by atoms with E-state index in [0.717, 1.165) is 38.5 Å². The van der Waals surface area contributed by atoms with Crippen LogP contribution in [-0.2, 0) is 0 Å². The lowest BCUT2D eigenvalue weighted by atomic mass is 9.77. The Bertz CT molecular complexity index is 435. The number of hydrogen-bond acceptors (Lipinski definition) is 0. The van der Waals surface area contributed by atoms with Gasteiger partial charge < -0.3 is 0 Å². The van der Waals surface area contributed by atoms with Crippen LogP contribution < -0.4 is 0 Å². The molecule has 27 heavy (non-hydrogen) atoms. The van der Waals surface area contributed by atoms with Crippen molar-refractivity contribution in [2.75, 3.05) is 0 Å². The Kier molecular flexibility index (Phi) is 12.0. The van der Waals surface area contributed by atoms with Gasteiger partial charge in [-0.25, -0.2) is 17.6 Å². The second-order valence-electron chi connectivity index (χ2n) is 8.08. The van der Waals surface area contributed by atoms with E-state index < -0.39 is 28.7 Å². The highest BCUT2D eigenvalue weighted by Gasteiger charge is 2.49. The van der Waals surface area contributed by atoms with Crippen molar-refractivity contribution in [3.63, 3.8) is 0 Å². The largest absolute Gasteiger partial charge is 0.207 e. The average molecular weight is 391 g/mol. The fourth-order valence-corrected chi connectivity index (χ4v) is 4.04. The van der Waals surface area contributed by atoms with Crippen LogP contribution in [0.15, 0.2) is 23.3 Å².